The van der Waals surface area contributed by atoms with Crippen LogP contribution in [0.2, 0.25) is 0 Å². The summed E-state index contributed by atoms with van der Waals surface area (Å²) in [6.45, 7) is 16.3. The first-order chi connectivity index (χ1) is 18.7. The zero-order valence-corrected chi connectivity index (χ0v) is 25.0. The molecule has 1 aliphatic rings. The third-order valence-corrected chi connectivity index (χ3v) is 7.45. The van der Waals surface area contributed by atoms with Crippen molar-refractivity contribution in [2.45, 2.75) is 67.1 Å². The van der Waals surface area contributed by atoms with Crippen molar-refractivity contribution in [3.63, 3.8) is 0 Å². The Morgan fingerprint density at radius 2 is 1.62 bits per heavy atom. The molecule has 0 saturated heterocycles. The predicted octanol–water partition coefficient (Wildman–Crippen LogP) is 6.98. The maximum absolute atomic E-state index is 12.8. The first-order valence-electron chi connectivity index (χ1n) is 13.6. The fourth-order valence-corrected chi connectivity index (χ4v) is 5.41. The van der Waals surface area contributed by atoms with Gasteiger partial charge < -0.3 is 24.8 Å². The fourth-order valence-electron chi connectivity index (χ4n) is 5.41. The average Bonchev–Trinajstić information content (AvgIpc) is 2.85. The van der Waals surface area contributed by atoms with Gasteiger partial charge in [0.1, 0.15) is 12.4 Å². The van der Waals surface area contributed by atoms with Crippen molar-refractivity contribution in [1.82, 2.24) is 0 Å². The van der Waals surface area contributed by atoms with Crippen molar-refractivity contribution in [3.05, 3.63) is 64.2 Å². The van der Waals surface area contributed by atoms with Crippen molar-refractivity contribution in [2.75, 3.05) is 30.4 Å². The lowest BCUT2D eigenvalue weighted by Gasteiger charge is -2.32. The van der Waals surface area contributed by atoms with E-state index in [4.69, 9.17) is 9.47 Å². The topological polar surface area (TPSA) is 88.1 Å². The summed E-state index contributed by atoms with van der Waals surface area (Å²) in [4.78, 5) is 27.5. The lowest BCUT2D eigenvalue weighted by molar-refractivity contribution is -0.160. The van der Waals surface area contributed by atoms with Gasteiger partial charge in [0.25, 0.3) is 0 Å². The molecule has 3 aromatic rings. The van der Waals surface area contributed by atoms with E-state index in [2.05, 4.69) is 36.2 Å². The molecule has 0 radical (unpaired) electrons. The second-order valence-electron chi connectivity index (χ2n) is 11.7. The second kappa shape index (κ2) is 11.0. The Morgan fingerprint density at radius 1 is 0.975 bits per heavy atom. The van der Waals surface area contributed by atoms with Gasteiger partial charge in [-0.25, -0.2) is 4.79 Å². The summed E-state index contributed by atoms with van der Waals surface area (Å²) in [5.41, 5.74) is 8.52. The van der Waals surface area contributed by atoms with Crippen LogP contribution in [0.3, 0.4) is 0 Å². The van der Waals surface area contributed by atoms with Gasteiger partial charge in [-0.2, -0.15) is 0 Å². The molecule has 40 heavy (non-hydrogen) atoms. The van der Waals surface area contributed by atoms with Gasteiger partial charge in [0.05, 0.1) is 23.5 Å². The van der Waals surface area contributed by atoms with Crippen molar-refractivity contribution < 1.29 is 24.2 Å². The van der Waals surface area contributed by atoms with Crippen LogP contribution in [0.1, 0.15) is 61.6 Å². The van der Waals surface area contributed by atoms with Crippen LogP contribution in [0.4, 0.5) is 11.4 Å². The molecule has 1 unspecified atom stereocenters. The van der Waals surface area contributed by atoms with Crippen LogP contribution < -0.4 is 15.0 Å². The van der Waals surface area contributed by atoms with E-state index in [0.29, 0.717) is 23.4 Å². The molecular weight excluding hydrogens is 504 g/mol. The molecule has 0 aliphatic carbocycles. The number of anilines is 2. The highest BCUT2D eigenvalue weighted by Crippen LogP contribution is 2.48. The van der Waals surface area contributed by atoms with E-state index in [1.807, 2.05) is 65.9 Å². The molecule has 0 aromatic heterocycles. The van der Waals surface area contributed by atoms with E-state index in [1.165, 1.54) is 6.92 Å². The van der Waals surface area contributed by atoms with E-state index < -0.39 is 17.7 Å². The number of likely N-dealkylation sites (N-methyl/N-ethyl adjacent to an activating group) is 1. The lowest BCUT2D eigenvalue weighted by Crippen LogP contribution is -2.29. The van der Waals surface area contributed by atoms with Crippen LogP contribution in [0.5, 0.6) is 5.75 Å². The average molecular weight is 545 g/mol. The number of nitrogens with one attached hydrogen (secondary N) is 1. The number of amides is 1. The molecule has 3 aromatic carbocycles. The molecule has 1 aliphatic heterocycles. The number of carbonyl (C=O) groups excluding carboxylic acids is 1. The van der Waals surface area contributed by atoms with Crippen molar-refractivity contribution >= 4 is 23.3 Å². The molecule has 7 nitrogen and oxygen atoms in total. The fraction of sp³-hybridized carbons (Fsp3) is 0.394. The molecule has 0 saturated carbocycles. The van der Waals surface area contributed by atoms with Gasteiger partial charge in [-0.1, -0.05) is 24.3 Å². The first-order valence-corrected chi connectivity index (χ1v) is 13.6. The second-order valence-corrected chi connectivity index (χ2v) is 11.7. The number of nitrogens with zero attached hydrogens (tertiary/aromatic N) is 1. The zero-order chi connectivity index (χ0) is 29.5. The number of aryl methyl sites for hydroxylation is 2. The normalized spacial score (nSPS) is 13.9. The highest BCUT2D eigenvalue weighted by atomic mass is 16.5. The van der Waals surface area contributed by atoms with Gasteiger partial charge in [0.15, 0.2) is 6.10 Å². The molecule has 0 spiro atoms. The van der Waals surface area contributed by atoms with Crippen LogP contribution in [0.25, 0.3) is 22.3 Å². The van der Waals surface area contributed by atoms with Gasteiger partial charge in [0, 0.05) is 25.1 Å². The Kier molecular flexibility index (Phi) is 7.99. The number of carboxylic acid groups (broad SMARTS) is 1. The standard InChI is InChI=1S/C33H40N2O5/c1-18-10-11-23(16-19(18)2)28-20(3)27(24-12-13-25-26(17-24)39-15-14-35(25)9)29(21(4)30(28)34-22(5)36)31(32(37)38)40-33(6,7)8/h10-13,16-17,31H,14-15H2,1-9H3,(H,34,36)(H,37,38). The number of benzene rings is 3. The van der Waals surface area contributed by atoms with Crippen molar-refractivity contribution in [1.29, 1.82) is 0 Å². The number of hydrogen-bond donors (Lipinski definition) is 2. The third-order valence-electron chi connectivity index (χ3n) is 7.45. The number of rotatable bonds is 6. The number of carbonyl (C=O) groups is 2. The van der Waals surface area contributed by atoms with E-state index >= 15 is 0 Å². The summed E-state index contributed by atoms with van der Waals surface area (Å²) in [5.74, 6) is -0.586. The van der Waals surface area contributed by atoms with Crippen LogP contribution in [-0.2, 0) is 14.3 Å². The number of fused-ring (bicyclic) bond motifs is 1. The van der Waals surface area contributed by atoms with Crippen LogP contribution in [-0.4, -0.2) is 42.8 Å². The van der Waals surface area contributed by atoms with Gasteiger partial charge in [-0.05, 0) is 99.5 Å². The number of carboxylic acids is 1. The van der Waals surface area contributed by atoms with E-state index in [1.54, 1.807) is 0 Å². The highest BCUT2D eigenvalue weighted by molar-refractivity contribution is 6.01. The van der Waals surface area contributed by atoms with Crippen LogP contribution >= 0.6 is 0 Å². The summed E-state index contributed by atoms with van der Waals surface area (Å²) in [6.07, 6.45) is -1.27. The summed E-state index contributed by atoms with van der Waals surface area (Å²) in [7, 11) is 2.03. The van der Waals surface area contributed by atoms with E-state index in [-0.39, 0.29) is 5.91 Å². The number of ether oxygens (including phenoxy) is 2. The monoisotopic (exact) mass is 544 g/mol. The summed E-state index contributed by atoms with van der Waals surface area (Å²) in [6, 6.07) is 12.2. The Hall–Kier alpha value is -3.84. The van der Waals surface area contributed by atoms with Crippen molar-refractivity contribution in [2.24, 2.45) is 0 Å². The maximum atomic E-state index is 12.8. The number of aliphatic carboxylic acids is 1. The highest BCUT2D eigenvalue weighted by Gasteiger charge is 2.34. The lowest BCUT2D eigenvalue weighted by atomic mass is 9.81. The molecule has 1 heterocycles. The van der Waals surface area contributed by atoms with Crippen molar-refractivity contribution in [3.8, 4) is 28.0 Å². The Bertz CT molecular complexity index is 1490. The predicted molar refractivity (Wildman–Crippen MR) is 161 cm³/mol. The minimum atomic E-state index is -1.27. The molecule has 0 fully saturated rings. The Balaban J connectivity index is 2.14. The largest absolute Gasteiger partial charge is 0.490 e. The smallest absolute Gasteiger partial charge is 0.337 e. The maximum Gasteiger partial charge on any atom is 0.337 e. The molecule has 7 heteroatoms. The van der Waals surface area contributed by atoms with E-state index in [0.717, 1.165) is 56.9 Å². The quantitative estimate of drug-likeness (QED) is 0.348. The molecule has 0 bridgehead atoms. The Morgan fingerprint density at radius 3 is 2.23 bits per heavy atom. The Labute approximate surface area is 237 Å². The molecule has 2 N–H and O–H groups in total. The SMILES string of the molecule is CC(=O)Nc1c(C)c(C(OC(C)(C)C)C(=O)O)c(-c2ccc3c(c2)OCCN3C)c(C)c1-c1ccc(C)c(C)c1. The zero-order valence-electron chi connectivity index (χ0n) is 25.0. The minimum absolute atomic E-state index is 0.236. The molecular formula is C33H40N2O5. The first kappa shape index (κ1) is 29.2. The summed E-state index contributed by atoms with van der Waals surface area (Å²) >= 11 is 0. The van der Waals surface area contributed by atoms with Gasteiger partial charge in [-0.15, -0.1) is 0 Å². The third kappa shape index (κ3) is 5.70. The number of hydrogen-bond acceptors (Lipinski definition) is 5. The molecule has 1 atom stereocenters. The minimum Gasteiger partial charge on any atom is -0.490 e. The van der Waals surface area contributed by atoms with Crippen LogP contribution in [0.15, 0.2) is 36.4 Å². The summed E-state index contributed by atoms with van der Waals surface area (Å²) < 4.78 is 12.2. The summed E-state index contributed by atoms with van der Waals surface area (Å²) in [5, 5.41) is 13.5. The molecule has 212 valence electrons. The van der Waals surface area contributed by atoms with Crippen LogP contribution in [0, 0.1) is 27.7 Å². The molecule has 1 amide bonds. The van der Waals surface area contributed by atoms with Gasteiger partial charge >= 0.3 is 5.97 Å². The molecule has 4 rings (SSSR count). The van der Waals surface area contributed by atoms with E-state index in [9.17, 15) is 14.7 Å². The van der Waals surface area contributed by atoms with Gasteiger partial charge in [-0.3, -0.25) is 4.79 Å². The van der Waals surface area contributed by atoms with Gasteiger partial charge in [0.2, 0.25) is 5.91 Å².